The number of rotatable bonds is 2. The first kappa shape index (κ1) is 7.18. The topological polar surface area (TPSA) is 52.3 Å². The van der Waals surface area contributed by atoms with E-state index in [1.807, 2.05) is 12.1 Å². The summed E-state index contributed by atoms with van der Waals surface area (Å²) in [5.41, 5.74) is 7.36. The van der Waals surface area contributed by atoms with Crippen LogP contribution in [-0.4, -0.2) is 0 Å². The van der Waals surface area contributed by atoms with Crippen LogP contribution >= 0.6 is 0 Å². The summed E-state index contributed by atoms with van der Waals surface area (Å²) in [5, 5.41) is 0. The zero-order valence-electron chi connectivity index (χ0n) is 6.49. The summed E-state index contributed by atoms with van der Waals surface area (Å²) in [6, 6.07) is 3.75. The lowest BCUT2D eigenvalue weighted by Crippen LogP contribution is -1.92. The normalized spacial score (nSPS) is 10.4. The Morgan fingerprint density at radius 2 is 2.25 bits per heavy atom. The van der Waals surface area contributed by atoms with Crippen LogP contribution in [0.25, 0.3) is 11.3 Å². The Morgan fingerprint density at radius 1 is 1.33 bits per heavy atom. The summed E-state index contributed by atoms with van der Waals surface area (Å²) >= 11 is 0. The smallest absolute Gasteiger partial charge is 0.137 e. The molecule has 0 amide bonds. The second-order valence-corrected chi connectivity index (χ2v) is 2.54. The second-order valence-electron chi connectivity index (χ2n) is 2.54. The second kappa shape index (κ2) is 2.87. The molecular weight excluding hydrogens is 154 g/mol. The molecule has 2 aromatic heterocycles. The van der Waals surface area contributed by atoms with Gasteiger partial charge in [-0.25, -0.2) is 0 Å². The molecule has 2 N–H and O–H groups in total. The summed E-state index contributed by atoms with van der Waals surface area (Å²) < 4.78 is 10.2. The summed E-state index contributed by atoms with van der Waals surface area (Å²) in [5.74, 6) is 0.796. The lowest BCUT2D eigenvalue weighted by Gasteiger charge is -1.84. The molecule has 0 atom stereocenters. The Bertz CT molecular complexity index is 348. The quantitative estimate of drug-likeness (QED) is 0.736. The molecule has 0 spiro atoms. The van der Waals surface area contributed by atoms with Gasteiger partial charge in [-0.05, 0) is 12.1 Å². The molecule has 2 heterocycles. The van der Waals surface area contributed by atoms with E-state index in [-0.39, 0.29) is 0 Å². The van der Waals surface area contributed by atoms with Crippen LogP contribution in [0.4, 0.5) is 0 Å². The maximum Gasteiger partial charge on any atom is 0.137 e. The molecular formula is C9H9NO2. The number of hydrogen-bond acceptors (Lipinski definition) is 3. The van der Waals surface area contributed by atoms with E-state index in [0.717, 1.165) is 16.9 Å². The number of hydrogen-bond donors (Lipinski definition) is 1. The Hall–Kier alpha value is -1.48. The molecule has 2 rings (SSSR count). The summed E-state index contributed by atoms with van der Waals surface area (Å²) in [6.45, 7) is 0.501. The van der Waals surface area contributed by atoms with E-state index in [0.29, 0.717) is 6.54 Å². The van der Waals surface area contributed by atoms with Gasteiger partial charge in [0.2, 0.25) is 0 Å². The standard InChI is InChI=1S/C9H9NO2/c10-4-7-3-9(12-5-7)8-1-2-11-6-8/h1-3,5-6H,4,10H2. The van der Waals surface area contributed by atoms with Crippen LogP contribution in [0.5, 0.6) is 0 Å². The van der Waals surface area contributed by atoms with E-state index >= 15 is 0 Å². The summed E-state index contributed by atoms with van der Waals surface area (Å²) in [4.78, 5) is 0. The van der Waals surface area contributed by atoms with Gasteiger partial charge in [0.05, 0.1) is 18.1 Å². The van der Waals surface area contributed by atoms with Gasteiger partial charge in [-0.1, -0.05) is 0 Å². The van der Waals surface area contributed by atoms with Crippen molar-refractivity contribution in [2.24, 2.45) is 5.73 Å². The van der Waals surface area contributed by atoms with Gasteiger partial charge in [-0.2, -0.15) is 0 Å². The monoisotopic (exact) mass is 163 g/mol. The zero-order chi connectivity index (χ0) is 8.39. The van der Waals surface area contributed by atoms with Crippen LogP contribution in [0.15, 0.2) is 39.8 Å². The molecule has 3 heteroatoms. The third-order valence-electron chi connectivity index (χ3n) is 1.70. The van der Waals surface area contributed by atoms with E-state index < -0.39 is 0 Å². The van der Waals surface area contributed by atoms with Crippen LogP contribution < -0.4 is 5.73 Å². The minimum absolute atomic E-state index is 0.501. The van der Waals surface area contributed by atoms with E-state index in [4.69, 9.17) is 14.6 Å². The maximum atomic E-state index is 5.43. The van der Waals surface area contributed by atoms with Gasteiger partial charge < -0.3 is 14.6 Å². The van der Waals surface area contributed by atoms with Gasteiger partial charge in [-0.15, -0.1) is 0 Å². The fourth-order valence-corrected chi connectivity index (χ4v) is 1.04. The molecule has 3 nitrogen and oxygen atoms in total. The first-order valence-corrected chi connectivity index (χ1v) is 3.70. The third-order valence-corrected chi connectivity index (χ3v) is 1.70. The fraction of sp³-hybridized carbons (Fsp3) is 0.111. The summed E-state index contributed by atoms with van der Waals surface area (Å²) in [7, 11) is 0. The maximum absolute atomic E-state index is 5.43. The predicted molar refractivity (Wildman–Crippen MR) is 44.3 cm³/mol. The van der Waals surface area contributed by atoms with Crippen molar-refractivity contribution in [1.82, 2.24) is 0 Å². The van der Waals surface area contributed by atoms with Gasteiger partial charge in [0.25, 0.3) is 0 Å². The molecule has 0 bridgehead atoms. The van der Waals surface area contributed by atoms with Crippen molar-refractivity contribution in [2.45, 2.75) is 6.54 Å². The van der Waals surface area contributed by atoms with Gasteiger partial charge in [0.15, 0.2) is 0 Å². The largest absolute Gasteiger partial charge is 0.472 e. The lowest BCUT2D eigenvalue weighted by atomic mass is 10.2. The van der Waals surface area contributed by atoms with Crippen molar-refractivity contribution < 1.29 is 8.83 Å². The molecule has 0 aliphatic carbocycles. The van der Waals surface area contributed by atoms with Gasteiger partial charge in [0.1, 0.15) is 12.0 Å². The van der Waals surface area contributed by atoms with Crippen LogP contribution in [0, 0.1) is 0 Å². The molecule has 12 heavy (non-hydrogen) atoms. The predicted octanol–water partition coefficient (Wildman–Crippen LogP) is 2.00. The van der Waals surface area contributed by atoms with Gasteiger partial charge in [0, 0.05) is 12.1 Å². The molecule has 0 saturated heterocycles. The highest BCUT2D eigenvalue weighted by molar-refractivity contribution is 5.56. The molecule has 0 aromatic carbocycles. The Labute approximate surface area is 69.8 Å². The van der Waals surface area contributed by atoms with E-state index in [2.05, 4.69) is 0 Å². The van der Waals surface area contributed by atoms with E-state index in [1.165, 1.54) is 0 Å². The highest BCUT2D eigenvalue weighted by Crippen LogP contribution is 2.21. The molecule has 2 aromatic rings. The van der Waals surface area contributed by atoms with Crippen molar-refractivity contribution in [2.75, 3.05) is 0 Å². The van der Waals surface area contributed by atoms with Gasteiger partial charge >= 0.3 is 0 Å². The van der Waals surface area contributed by atoms with E-state index in [9.17, 15) is 0 Å². The van der Waals surface area contributed by atoms with Crippen LogP contribution in [0.2, 0.25) is 0 Å². The average Bonchev–Trinajstić information content (AvgIpc) is 2.75. The van der Waals surface area contributed by atoms with E-state index in [1.54, 1.807) is 18.8 Å². The number of nitrogens with two attached hydrogens (primary N) is 1. The number of furan rings is 2. The van der Waals surface area contributed by atoms with Crippen LogP contribution in [0.3, 0.4) is 0 Å². The van der Waals surface area contributed by atoms with Crippen molar-refractivity contribution >= 4 is 0 Å². The molecule has 0 fully saturated rings. The first-order chi connectivity index (χ1) is 5.90. The molecule has 62 valence electrons. The zero-order valence-corrected chi connectivity index (χ0v) is 6.49. The molecule has 0 aliphatic heterocycles. The minimum Gasteiger partial charge on any atom is -0.472 e. The third kappa shape index (κ3) is 1.14. The Kier molecular flexibility index (Phi) is 1.72. The average molecular weight is 163 g/mol. The molecule has 0 aliphatic rings. The molecule has 0 unspecified atom stereocenters. The Morgan fingerprint density at radius 3 is 2.83 bits per heavy atom. The first-order valence-electron chi connectivity index (χ1n) is 3.70. The lowest BCUT2D eigenvalue weighted by molar-refractivity contribution is 0.559. The fourth-order valence-electron chi connectivity index (χ4n) is 1.04. The highest BCUT2D eigenvalue weighted by atomic mass is 16.3. The molecule has 0 radical (unpaired) electrons. The van der Waals surface area contributed by atoms with Crippen LogP contribution in [0.1, 0.15) is 5.56 Å². The van der Waals surface area contributed by atoms with Crippen molar-refractivity contribution in [1.29, 1.82) is 0 Å². The Balaban J connectivity index is 2.35. The summed E-state index contributed by atoms with van der Waals surface area (Å²) in [6.07, 6.45) is 4.90. The highest BCUT2D eigenvalue weighted by Gasteiger charge is 2.03. The van der Waals surface area contributed by atoms with Crippen LogP contribution in [-0.2, 0) is 6.54 Å². The van der Waals surface area contributed by atoms with Crippen molar-refractivity contribution in [3.05, 3.63) is 36.5 Å². The van der Waals surface area contributed by atoms with Gasteiger partial charge in [-0.3, -0.25) is 0 Å². The molecule has 0 saturated carbocycles. The minimum atomic E-state index is 0.501. The van der Waals surface area contributed by atoms with Crippen molar-refractivity contribution in [3.8, 4) is 11.3 Å². The SMILES string of the molecule is NCc1coc(-c2ccoc2)c1. The van der Waals surface area contributed by atoms with Crippen molar-refractivity contribution in [3.63, 3.8) is 0 Å².